The number of nitrogens with one attached hydrogen (secondary N) is 1. The van der Waals surface area contributed by atoms with Crippen molar-refractivity contribution < 1.29 is 4.79 Å². The molecule has 0 saturated heterocycles. The van der Waals surface area contributed by atoms with E-state index < -0.39 is 0 Å². The van der Waals surface area contributed by atoms with E-state index in [2.05, 4.69) is 26.7 Å². The SMILES string of the molecule is N#Cc1c(CCCNC(=O)c2ccc3nncn3c2)nn(-c2ccccc2)c1N. The zero-order valence-electron chi connectivity index (χ0n) is 15.5. The summed E-state index contributed by atoms with van der Waals surface area (Å²) in [5.41, 5.74) is 9.10. The number of carbonyl (C=O) groups is 1. The van der Waals surface area contributed by atoms with E-state index in [0.717, 1.165) is 5.69 Å². The summed E-state index contributed by atoms with van der Waals surface area (Å²) in [6.45, 7) is 0.446. The molecule has 29 heavy (non-hydrogen) atoms. The molecule has 0 unspecified atom stereocenters. The summed E-state index contributed by atoms with van der Waals surface area (Å²) in [6.07, 6.45) is 4.38. The van der Waals surface area contributed by atoms with Gasteiger partial charge in [-0.15, -0.1) is 10.2 Å². The second-order valence-electron chi connectivity index (χ2n) is 6.44. The molecule has 0 fully saturated rings. The first-order valence-electron chi connectivity index (χ1n) is 9.08. The van der Waals surface area contributed by atoms with E-state index in [1.54, 1.807) is 33.7 Å². The molecule has 0 atom stereocenters. The minimum Gasteiger partial charge on any atom is -0.382 e. The van der Waals surface area contributed by atoms with Crippen molar-refractivity contribution >= 4 is 17.4 Å². The largest absolute Gasteiger partial charge is 0.382 e. The Kier molecular flexibility index (Phi) is 4.90. The predicted molar refractivity (Wildman–Crippen MR) is 106 cm³/mol. The molecule has 3 N–H and O–H groups in total. The van der Waals surface area contributed by atoms with Gasteiger partial charge in [0.2, 0.25) is 0 Å². The minimum atomic E-state index is -0.185. The minimum absolute atomic E-state index is 0.185. The highest BCUT2D eigenvalue weighted by Gasteiger charge is 2.16. The Labute approximate surface area is 166 Å². The zero-order chi connectivity index (χ0) is 20.2. The van der Waals surface area contributed by atoms with E-state index in [9.17, 15) is 10.1 Å². The molecule has 0 aliphatic heterocycles. The number of hydrogen-bond donors (Lipinski definition) is 2. The number of para-hydroxylation sites is 1. The quantitative estimate of drug-likeness (QED) is 0.486. The van der Waals surface area contributed by atoms with Crippen LogP contribution in [0.3, 0.4) is 0 Å². The molecule has 9 nitrogen and oxygen atoms in total. The van der Waals surface area contributed by atoms with E-state index in [1.165, 1.54) is 0 Å². The molecule has 0 aliphatic carbocycles. The first kappa shape index (κ1) is 18.2. The average molecular weight is 386 g/mol. The maximum Gasteiger partial charge on any atom is 0.252 e. The fourth-order valence-corrected chi connectivity index (χ4v) is 3.06. The Morgan fingerprint density at radius 2 is 2.03 bits per heavy atom. The average Bonchev–Trinajstić information content (AvgIpc) is 3.35. The van der Waals surface area contributed by atoms with Crippen molar-refractivity contribution in [1.29, 1.82) is 5.26 Å². The summed E-state index contributed by atoms with van der Waals surface area (Å²) in [4.78, 5) is 12.3. The molecule has 0 saturated carbocycles. The molecule has 9 heteroatoms. The van der Waals surface area contributed by atoms with Gasteiger partial charge in [-0.1, -0.05) is 18.2 Å². The van der Waals surface area contributed by atoms with Crippen molar-refractivity contribution in [2.75, 3.05) is 12.3 Å². The van der Waals surface area contributed by atoms with Crippen LogP contribution >= 0.6 is 0 Å². The van der Waals surface area contributed by atoms with E-state index in [1.807, 2.05) is 30.3 Å². The first-order valence-corrected chi connectivity index (χ1v) is 9.08. The van der Waals surface area contributed by atoms with E-state index >= 15 is 0 Å². The fraction of sp³-hybridized carbons (Fsp3) is 0.150. The summed E-state index contributed by atoms with van der Waals surface area (Å²) in [5, 5.41) is 24.5. The number of carbonyl (C=O) groups excluding carboxylic acids is 1. The molecule has 0 radical (unpaired) electrons. The summed E-state index contributed by atoms with van der Waals surface area (Å²) >= 11 is 0. The van der Waals surface area contributed by atoms with Crippen LogP contribution in [0.4, 0.5) is 5.82 Å². The number of fused-ring (bicyclic) bond motifs is 1. The Bertz CT molecular complexity index is 1200. The number of rotatable bonds is 6. The van der Waals surface area contributed by atoms with Crippen molar-refractivity contribution in [3.8, 4) is 11.8 Å². The third-order valence-electron chi connectivity index (χ3n) is 4.54. The fourth-order valence-electron chi connectivity index (χ4n) is 3.06. The van der Waals surface area contributed by atoms with Crippen LogP contribution in [-0.2, 0) is 6.42 Å². The van der Waals surface area contributed by atoms with Gasteiger partial charge in [0.1, 0.15) is 23.8 Å². The highest BCUT2D eigenvalue weighted by Crippen LogP contribution is 2.21. The maximum atomic E-state index is 12.3. The lowest BCUT2D eigenvalue weighted by Crippen LogP contribution is -2.25. The van der Waals surface area contributed by atoms with Gasteiger partial charge in [0.15, 0.2) is 5.65 Å². The second kappa shape index (κ2) is 7.82. The van der Waals surface area contributed by atoms with Crippen LogP contribution in [0.5, 0.6) is 0 Å². The number of nitrogens with zero attached hydrogens (tertiary/aromatic N) is 6. The standard InChI is InChI=1S/C20H18N8O/c21-11-16-17(26-28(19(16)22)15-5-2-1-3-6-15)7-4-10-23-20(29)14-8-9-18-25-24-13-27(18)12-14/h1-3,5-6,8-9,12-13H,4,7,10,22H2,(H,23,29). The van der Waals surface area contributed by atoms with Gasteiger partial charge >= 0.3 is 0 Å². The molecule has 0 aliphatic rings. The van der Waals surface area contributed by atoms with Gasteiger partial charge in [0.05, 0.1) is 16.9 Å². The van der Waals surface area contributed by atoms with Crippen molar-refractivity contribution in [1.82, 2.24) is 29.7 Å². The highest BCUT2D eigenvalue weighted by molar-refractivity contribution is 5.94. The molecule has 1 amide bonds. The molecule has 3 aromatic heterocycles. The molecule has 144 valence electrons. The summed E-state index contributed by atoms with van der Waals surface area (Å²) in [7, 11) is 0. The van der Waals surface area contributed by atoms with Crippen molar-refractivity contribution in [2.45, 2.75) is 12.8 Å². The molecule has 1 aromatic carbocycles. The van der Waals surface area contributed by atoms with Gasteiger partial charge in [-0.2, -0.15) is 10.4 Å². The number of aryl methyl sites for hydroxylation is 1. The Balaban J connectivity index is 1.39. The predicted octanol–water partition coefficient (Wildman–Crippen LogP) is 1.73. The van der Waals surface area contributed by atoms with Crippen LogP contribution in [0.25, 0.3) is 11.3 Å². The number of nitrogens with two attached hydrogens (primary N) is 1. The molecular weight excluding hydrogens is 368 g/mol. The van der Waals surface area contributed by atoms with E-state index in [-0.39, 0.29) is 5.91 Å². The topological polar surface area (TPSA) is 127 Å². The molecule has 4 rings (SSSR count). The van der Waals surface area contributed by atoms with Crippen LogP contribution in [0.2, 0.25) is 0 Å². The van der Waals surface area contributed by atoms with Gasteiger partial charge in [-0.05, 0) is 37.1 Å². The van der Waals surface area contributed by atoms with Crippen LogP contribution in [0.1, 0.15) is 28.0 Å². The Morgan fingerprint density at radius 1 is 1.21 bits per heavy atom. The monoisotopic (exact) mass is 386 g/mol. The lowest BCUT2D eigenvalue weighted by atomic mass is 10.1. The van der Waals surface area contributed by atoms with Gasteiger partial charge in [0.25, 0.3) is 5.91 Å². The smallest absolute Gasteiger partial charge is 0.252 e. The number of nitriles is 1. The number of pyridine rings is 1. The molecular formula is C20H18N8O. The van der Waals surface area contributed by atoms with Crippen molar-refractivity contribution in [3.63, 3.8) is 0 Å². The summed E-state index contributed by atoms with van der Waals surface area (Å²) < 4.78 is 3.26. The van der Waals surface area contributed by atoms with Crippen LogP contribution in [-0.4, -0.2) is 36.8 Å². The molecule has 3 heterocycles. The van der Waals surface area contributed by atoms with Crippen LogP contribution in [0, 0.1) is 11.3 Å². The van der Waals surface area contributed by atoms with Crippen LogP contribution in [0.15, 0.2) is 55.0 Å². The third kappa shape index (κ3) is 3.64. The van der Waals surface area contributed by atoms with Crippen LogP contribution < -0.4 is 11.1 Å². The van der Waals surface area contributed by atoms with Gasteiger partial charge in [-0.3, -0.25) is 9.20 Å². The lowest BCUT2D eigenvalue weighted by Gasteiger charge is -2.05. The summed E-state index contributed by atoms with van der Waals surface area (Å²) in [5.74, 6) is 0.135. The maximum absolute atomic E-state index is 12.3. The Morgan fingerprint density at radius 3 is 2.83 bits per heavy atom. The number of hydrogen-bond acceptors (Lipinski definition) is 6. The van der Waals surface area contributed by atoms with Crippen molar-refractivity contribution in [2.24, 2.45) is 0 Å². The highest BCUT2D eigenvalue weighted by atomic mass is 16.1. The van der Waals surface area contributed by atoms with Gasteiger partial charge < -0.3 is 11.1 Å². The lowest BCUT2D eigenvalue weighted by molar-refractivity contribution is 0.0952. The molecule has 0 bridgehead atoms. The first-order chi connectivity index (χ1) is 14.2. The number of anilines is 1. The van der Waals surface area contributed by atoms with E-state index in [4.69, 9.17) is 5.73 Å². The molecule has 4 aromatic rings. The zero-order valence-corrected chi connectivity index (χ0v) is 15.5. The number of amides is 1. The number of benzene rings is 1. The molecule has 0 spiro atoms. The normalized spacial score (nSPS) is 10.7. The Hall–Kier alpha value is -4.19. The third-order valence-corrected chi connectivity index (χ3v) is 4.54. The number of aromatic nitrogens is 5. The second-order valence-corrected chi connectivity index (χ2v) is 6.44. The van der Waals surface area contributed by atoms with Gasteiger partial charge in [-0.25, -0.2) is 4.68 Å². The van der Waals surface area contributed by atoms with Gasteiger partial charge in [0, 0.05) is 12.7 Å². The van der Waals surface area contributed by atoms with Crippen molar-refractivity contribution in [3.05, 3.63) is 71.8 Å². The van der Waals surface area contributed by atoms with E-state index in [0.29, 0.717) is 47.7 Å². The number of nitrogen functional groups attached to an aromatic ring is 1. The summed E-state index contributed by atoms with van der Waals surface area (Å²) in [6, 6.07) is 15.0.